The zero-order valence-electron chi connectivity index (χ0n) is 10.4. The van der Waals surface area contributed by atoms with Crippen molar-refractivity contribution < 1.29 is 0 Å². The van der Waals surface area contributed by atoms with Gasteiger partial charge < -0.3 is 11.1 Å². The van der Waals surface area contributed by atoms with Gasteiger partial charge in [0.15, 0.2) is 0 Å². The molecule has 0 spiro atoms. The first kappa shape index (κ1) is 13.2. The number of hydrogen-bond donors (Lipinski definition) is 2. The van der Waals surface area contributed by atoms with Crippen molar-refractivity contribution in [3.63, 3.8) is 0 Å². The fourth-order valence-electron chi connectivity index (χ4n) is 2.03. The second kappa shape index (κ2) is 5.31. The van der Waals surface area contributed by atoms with E-state index in [1.165, 1.54) is 0 Å². The van der Waals surface area contributed by atoms with Crippen LogP contribution in [0.25, 0.3) is 10.9 Å². The van der Waals surface area contributed by atoms with E-state index in [0.717, 1.165) is 26.8 Å². The molecule has 1 aromatic heterocycles. The van der Waals surface area contributed by atoms with Gasteiger partial charge in [-0.25, -0.2) is 0 Å². The van der Waals surface area contributed by atoms with Crippen LogP contribution in [-0.4, -0.2) is 4.98 Å². The maximum Gasteiger partial charge on any atom is 0.0746 e. The lowest BCUT2D eigenvalue weighted by Gasteiger charge is -2.12. The van der Waals surface area contributed by atoms with Crippen molar-refractivity contribution in [2.24, 2.45) is 0 Å². The van der Waals surface area contributed by atoms with Gasteiger partial charge in [-0.15, -0.1) is 0 Å². The number of nitrogens with one attached hydrogen (secondary N) is 1. The lowest BCUT2D eigenvalue weighted by molar-refractivity contribution is 1.40. The minimum Gasteiger partial charge on any atom is -0.396 e. The number of hydrogen-bond acceptors (Lipinski definition) is 3. The van der Waals surface area contributed by atoms with Gasteiger partial charge in [0, 0.05) is 20.6 Å². The van der Waals surface area contributed by atoms with Crippen LogP contribution in [0.4, 0.5) is 17.1 Å². The molecule has 1 heterocycles. The fraction of sp³-hybridized carbons (Fsp3) is 0. The van der Waals surface area contributed by atoms with Crippen molar-refractivity contribution in [1.82, 2.24) is 4.98 Å². The summed E-state index contributed by atoms with van der Waals surface area (Å²) in [5.41, 5.74) is 9.24. The number of aromatic nitrogens is 1. The van der Waals surface area contributed by atoms with Gasteiger partial charge in [-0.05, 0) is 36.4 Å². The molecule has 0 aliphatic heterocycles. The van der Waals surface area contributed by atoms with E-state index in [1.807, 2.05) is 42.5 Å². The SMILES string of the molecule is Nc1cnc2ccc(Br)cc2c1Nc1cccc(Cl)c1. The van der Waals surface area contributed by atoms with Crippen LogP contribution in [-0.2, 0) is 0 Å². The number of benzene rings is 2. The number of anilines is 3. The molecule has 0 fully saturated rings. The first-order chi connectivity index (χ1) is 9.63. The molecule has 3 N–H and O–H groups in total. The molecule has 100 valence electrons. The van der Waals surface area contributed by atoms with Crippen LogP contribution < -0.4 is 11.1 Å². The summed E-state index contributed by atoms with van der Waals surface area (Å²) in [6.07, 6.45) is 1.66. The Morgan fingerprint density at radius 1 is 1.15 bits per heavy atom. The van der Waals surface area contributed by atoms with E-state index in [0.29, 0.717) is 10.7 Å². The third-order valence-electron chi connectivity index (χ3n) is 2.95. The monoisotopic (exact) mass is 347 g/mol. The van der Waals surface area contributed by atoms with E-state index >= 15 is 0 Å². The van der Waals surface area contributed by atoms with Crippen LogP contribution >= 0.6 is 27.5 Å². The zero-order valence-corrected chi connectivity index (χ0v) is 12.7. The molecule has 0 bridgehead atoms. The molecule has 3 rings (SSSR count). The predicted molar refractivity (Wildman–Crippen MR) is 88.6 cm³/mol. The predicted octanol–water partition coefficient (Wildman–Crippen LogP) is 4.98. The van der Waals surface area contributed by atoms with Crippen molar-refractivity contribution in [3.05, 3.63) is 58.2 Å². The number of halogens is 2. The van der Waals surface area contributed by atoms with Gasteiger partial charge in [0.1, 0.15) is 0 Å². The highest BCUT2D eigenvalue weighted by molar-refractivity contribution is 9.10. The average molecular weight is 349 g/mol. The second-order valence-electron chi connectivity index (χ2n) is 4.39. The summed E-state index contributed by atoms with van der Waals surface area (Å²) in [5.74, 6) is 0. The van der Waals surface area contributed by atoms with Gasteiger partial charge in [-0.1, -0.05) is 33.6 Å². The Morgan fingerprint density at radius 2 is 2.00 bits per heavy atom. The molecule has 0 saturated carbocycles. The molecule has 0 radical (unpaired) electrons. The van der Waals surface area contributed by atoms with Crippen molar-refractivity contribution >= 4 is 55.5 Å². The lowest BCUT2D eigenvalue weighted by Crippen LogP contribution is -1.98. The largest absolute Gasteiger partial charge is 0.396 e. The highest BCUT2D eigenvalue weighted by atomic mass is 79.9. The summed E-state index contributed by atoms with van der Waals surface area (Å²) in [4.78, 5) is 4.33. The van der Waals surface area contributed by atoms with Crippen LogP contribution in [0.15, 0.2) is 53.1 Å². The highest BCUT2D eigenvalue weighted by Gasteiger charge is 2.08. The quantitative estimate of drug-likeness (QED) is 0.687. The molecule has 0 saturated heterocycles. The summed E-state index contributed by atoms with van der Waals surface area (Å²) in [5, 5.41) is 4.94. The maximum absolute atomic E-state index is 6.05. The first-order valence-corrected chi connectivity index (χ1v) is 7.17. The topological polar surface area (TPSA) is 50.9 Å². The van der Waals surface area contributed by atoms with Crippen LogP contribution in [0.2, 0.25) is 5.02 Å². The van der Waals surface area contributed by atoms with Gasteiger partial charge in [-0.2, -0.15) is 0 Å². The number of fused-ring (bicyclic) bond motifs is 1. The van der Waals surface area contributed by atoms with E-state index < -0.39 is 0 Å². The molecular weight excluding hydrogens is 338 g/mol. The fourth-order valence-corrected chi connectivity index (χ4v) is 2.58. The number of nitrogens with two attached hydrogens (primary N) is 1. The van der Waals surface area contributed by atoms with Crippen LogP contribution in [0.3, 0.4) is 0 Å². The third kappa shape index (κ3) is 2.57. The average Bonchev–Trinajstić information content (AvgIpc) is 2.42. The minimum absolute atomic E-state index is 0.593. The molecular formula is C15H11BrClN3. The summed E-state index contributed by atoms with van der Waals surface area (Å²) < 4.78 is 0.978. The Hall–Kier alpha value is -1.78. The first-order valence-electron chi connectivity index (χ1n) is 6.00. The van der Waals surface area contributed by atoms with Crippen LogP contribution in [0.1, 0.15) is 0 Å². The Balaban J connectivity index is 2.14. The Kier molecular flexibility index (Phi) is 3.51. The molecule has 0 amide bonds. The van der Waals surface area contributed by atoms with Crippen LogP contribution in [0.5, 0.6) is 0 Å². The molecule has 0 unspecified atom stereocenters. The van der Waals surface area contributed by atoms with Gasteiger partial charge in [-0.3, -0.25) is 4.98 Å². The van der Waals surface area contributed by atoms with Gasteiger partial charge in [0.2, 0.25) is 0 Å². The van der Waals surface area contributed by atoms with E-state index in [1.54, 1.807) is 6.20 Å². The van der Waals surface area contributed by atoms with E-state index in [2.05, 4.69) is 26.2 Å². The normalized spacial score (nSPS) is 10.7. The standard InChI is InChI=1S/C15H11BrClN3/c16-9-4-5-14-12(6-9)15(13(18)8-19-14)20-11-3-1-2-10(17)7-11/h1-8H,18H2,(H,19,20). The van der Waals surface area contributed by atoms with E-state index in [4.69, 9.17) is 17.3 Å². The summed E-state index contributed by atoms with van der Waals surface area (Å²) in [7, 11) is 0. The molecule has 2 aromatic carbocycles. The van der Waals surface area contributed by atoms with Crippen molar-refractivity contribution in [3.8, 4) is 0 Å². The van der Waals surface area contributed by atoms with Gasteiger partial charge in [0.05, 0.1) is 23.1 Å². The van der Waals surface area contributed by atoms with E-state index in [9.17, 15) is 0 Å². The van der Waals surface area contributed by atoms with Crippen molar-refractivity contribution in [2.75, 3.05) is 11.1 Å². The number of nitrogen functional groups attached to an aromatic ring is 1. The van der Waals surface area contributed by atoms with Gasteiger partial charge >= 0.3 is 0 Å². The summed E-state index contributed by atoms with van der Waals surface area (Å²) in [6, 6.07) is 13.4. The van der Waals surface area contributed by atoms with Gasteiger partial charge in [0.25, 0.3) is 0 Å². The maximum atomic E-state index is 6.05. The summed E-state index contributed by atoms with van der Waals surface area (Å²) >= 11 is 9.47. The minimum atomic E-state index is 0.593. The smallest absolute Gasteiger partial charge is 0.0746 e. The molecule has 0 aliphatic rings. The van der Waals surface area contributed by atoms with E-state index in [-0.39, 0.29) is 0 Å². The van der Waals surface area contributed by atoms with Crippen LogP contribution in [0, 0.1) is 0 Å². The Bertz CT molecular complexity index is 784. The molecule has 3 nitrogen and oxygen atoms in total. The Labute approximate surface area is 129 Å². The van der Waals surface area contributed by atoms with Crippen molar-refractivity contribution in [1.29, 1.82) is 0 Å². The lowest BCUT2D eigenvalue weighted by atomic mass is 10.1. The number of pyridine rings is 1. The van der Waals surface area contributed by atoms with Crippen molar-refractivity contribution in [2.45, 2.75) is 0 Å². The molecule has 3 aromatic rings. The number of rotatable bonds is 2. The molecule has 20 heavy (non-hydrogen) atoms. The highest BCUT2D eigenvalue weighted by Crippen LogP contribution is 2.32. The zero-order chi connectivity index (χ0) is 14.1. The molecule has 0 aliphatic carbocycles. The molecule has 5 heteroatoms. The molecule has 0 atom stereocenters. The third-order valence-corrected chi connectivity index (χ3v) is 3.68. The Morgan fingerprint density at radius 3 is 2.80 bits per heavy atom. The number of nitrogens with zero attached hydrogens (tertiary/aromatic N) is 1. The second-order valence-corrected chi connectivity index (χ2v) is 5.74. The summed E-state index contributed by atoms with van der Waals surface area (Å²) in [6.45, 7) is 0.